The maximum Gasteiger partial charge on any atom is 0.262 e. The number of carbonyl (C=O) groups is 5. The molecule has 6 aliphatic heterocycles. The average molecular weight is 826 g/mol. The summed E-state index contributed by atoms with van der Waals surface area (Å²) in [5.41, 5.74) is 4.35. The summed E-state index contributed by atoms with van der Waals surface area (Å²) in [4.78, 5) is 75.7. The summed E-state index contributed by atoms with van der Waals surface area (Å²) in [6, 6.07) is 11.1. The maximum atomic E-state index is 16.2. The first-order chi connectivity index (χ1) is 28.8. The Balaban J connectivity index is 0.767. The first kappa shape index (κ1) is 38.6. The Morgan fingerprint density at radius 1 is 0.917 bits per heavy atom. The number of hydrogen-bond donors (Lipinski definition) is 2. The standard InChI is InChI=1S/C44H43F4N7O5/c1-23-12-28-27-4-2-3-5-33(27)49-39(28)40(54(23)19-35(47)48)38-31(45)15-26(16-32(38)46)53-21-44(22-53)8-10-52(11-9-44)37(57)20-51-17-24-13-29-30(14-25(24)18-51)43(60)55(42(29)59)34-6-7-36(56)50-41(34)58/h2-5,13-16,23,34-35,40,49H,6-12,17-22H2,1H3,(H,50,56,58)/t23-,34?,40-/m1/s1. The van der Waals surface area contributed by atoms with Crippen LogP contribution in [0.15, 0.2) is 48.5 Å². The van der Waals surface area contributed by atoms with Crippen molar-refractivity contribution in [3.63, 3.8) is 0 Å². The van der Waals surface area contributed by atoms with Crippen LogP contribution in [-0.4, -0.2) is 112 Å². The average Bonchev–Trinajstić information content (AvgIpc) is 3.84. The number of anilines is 1. The topological polar surface area (TPSA) is 129 Å². The third kappa shape index (κ3) is 6.28. The van der Waals surface area contributed by atoms with Crippen molar-refractivity contribution in [3.8, 4) is 0 Å². The molecule has 3 fully saturated rings. The van der Waals surface area contributed by atoms with E-state index in [1.165, 1.54) is 17.0 Å². The van der Waals surface area contributed by atoms with Crippen LogP contribution >= 0.6 is 0 Å². The summed E-state index contributed by atoms with van der Waals surface area (Å²) in [7, 11) is 0. The second kappa shape index (κ2) is 14.3. The van der Waals surface area contributed by atoms with Crippen molar-refractivity contribution in [2.45, 2.75) is 76.7 Å². The van der Waals surface area contributed by atoms with E-state index in [1.807, 2.05) is 45.9 Å². The molecule has 60 heavy (non-hydrogen) atoms. The Bertz CT molecular complexity index is 2440. The molecule has 7 heterocycles. The minimum atomic E-state index is -2.69. The molecular weight excluding hydrogens is 783 g/mol. The molecule has 2 N–H and O–H groups in total. The van der Waals surface area contributed by atoms with Gasteiger partial charge in [0.15, 0.2) is 0 Å². The van der Waals surface area contributed by atoms with Crippen LogP contribution in [0, 0.1) is 17.0 Å². The number of aromatic nitrogens is 1. The molecule has 0 saturated carbocycles. The molecule has 10 rings (SSSR count). The van der Waals surface area contributed by atoms with Crippen molar-refractivity contribution in [1.29, 1.82) is 0 Å². The molecule has 1 spiro atoms. The number of halogens is 4. The van der Waals surface area contributed by atoms with E-state index >= 15 is 8.78 Å². The second-order valence-electron chi connectivity index (χ2n) is 17.4. The van der Waals surface area contributed by atoms with Gasteiger partial charge in [-0.3, -0.25) is 44.0 Å². The number of para-hydroxylation sites is 1. The SMILES string of the molecule is C[C@@H]1Cc2c([nH]c3ccccc23)[C@@H](c2c(F)cc(N3CC4(CCN(C(=O)CN5Cc6cc7c(cc6C5)C(=O)N(C5CCC(=O)NC5=O)C7=O)CC4)C3)cc2F)N1CC(F)F. The molecule has 5 amide bonds. The summed E-state index contributed by atoms with van der Waals surface area (Å²) in [6.07, 6.45) is -0.639. The van der Waals surface area contributed by atoms with Gasteiger partial charge in [0.25, 0.3) is 18.2 Å². The van der Waals surface area contributed by atoms with Crippen molar-refractivity contribution in [2.24, 2.45) is 5.41 Å². The van der Waals surface area contributed by atoms with Gasteiger partial charge in [0.2, 0.25) is 17.7 Å². The van der Waals surface area contributed by atoms with E-state index in [4.69, 9.17) is 0 Å². The number of imide groups is 2. The van der Waals surface area contributed by atoms with Gasteiger partial charge in [-0.2, -0.15) is 0 Å². The maximum absolute atomic E-state index is 16.2. The van der Waals surface area contributed by atoms with E-state index in [9.17, 15) is 32.8 Å². The summed E-state index contributed by atoms with van der Waals surface area (Å²) < 4.78 is 60.3. The van der Waals surface area contributed by atoms with Crippen LogP contribution in [0.1, 0.15) is 87.3 Å². The highest BCUT2D eigenvalue weighted by Gasteiger charge is 2.48. The first-order valence-electron chi connectivity index (χ1n) is 20.5. The van der Waals surface area contributed by atoms with Crippen molar-refractivity contribution >= 4 is 46.1 Å². The predicted octanol–water partition coefficient (Wildman–Crippen LogP) is 4.89. The van der Waals surface area contributed by atoms with Gasteiger partial charge < -0.3 is 14.8 Å². The number of nitrogens with one attached hydrogen (secondary N) is 2. The van der Waals surface area contributed by atoms with Crippen molar-refractivity contribution < 1.29 is 41.5 Å². The van der Waals surface area contributed by atoms with Crippen LogP contribution in [-0.2, 0) is 33.9 Å². The number of nitrogens with zero attached hydrogens (tertiary/aromatic N) is 5. The van der Waals surface area contributed by atoms with Gasteiger partial charge in [0, 0.05) is 85.0 Å². The smallest absolute Gasteiger partial charge is 0.262 e. The number of alkyl halides is 2. The molecule has 0 aliphatic carbocycles. The normalized spacial score (nSPS) is 24.0. The molecule has 0 radical (unpaired) electrons. The summed E-state index contributed by atoms with van der Waals surface area (Å²) in [5.74, 6) is -3.83. The Morgan fingerprint density at radius 3 is 2.20 bits per heavy atom. The zero-order valence-electron chi connectivity index (χ0n) is 32.9. The number of amides is 5. The number of carbonyl (C=O) groups excluding carboxylic acids is 5. The fourth-order valence-corrected chi connectivity index (χ4v) is 10.6. The quantitative estimate of drug-likeness (QED) is 0.199. The number of likely N-dealkylation sites (tertiary alicyclic amines) is 1. The van der Waals surface area contributed by atoms with Crippen LogP contribution in [0.4, 0.5) is 23.2 Å². The zero-order chi connectivity index (χ0) is 41.8. The van der Waals surface area contributed by atoms with Gasteiger partial charge in [0.1, 0.15) is 17.7 Å². The number of H-pyrrole nitrogens is 1. The number of fused-ring (bicyclic) bond motifs is 5. The lowest BCUT2D eigenvalue weighted by molar-refractivity contribution is -0.137. The van der Waals surface area contributed by atoms with E-state index in [0.717, 1.165) is 45.3 Å². The Morgan fingerprint density at radius 2 is 1.57 bits per heavy atom. The van der Waals surface area contributed by atoms with Crippen LogP contribution in [0.2, 0.25) is 0 Å². The van der Waals surface area contributed by atoms with Gasteiger partial charge in [0.05, 0.1) is 30.3 Å². The second-order valence-corrected chi connectivity index (χ2v) is 17.4. The van der Waals surface area contributed by atoms with Crippen molar-refractivity contribution in [2.75, 3.05) is 44.2 Å². The van der Waals surface area contributed by atoms with E-state index in [2.05, 4.69) is 10.3 Å². The van der Waals surface area contributed by atoms with Gasteiger partial charge in [-0.1, -0.05) is 18.2 Å². The van der Waals surface area contributed by atoms with Crippen molar-refractivity contribution in [1.82, 2.24) is 29.9 Å². The Hall–Kier alpha value is -5.61. The van der Waals surface area contributed by atoms with Gasteiger partial charge in [-0.25, -0.2) is 17.6 Å². The lowest BCUT2D eigenvalue weighted by atomic mass is 9.71. The zero-order valence-corrected chi connectivity index (χ0v) is 32.9. The first-order valence-corrected chi connectivity index (χ1v) is 20.5. The molecule has 0 bridgehead atoms. The highest BCUT2D eigenvalue weighted by atomic mass is 19.3. The molecule has 1 unspecified atom stereocenters. The number of hydrogen-bond acceptors (Lipinski definition) is 8. The van der Waals surface area contributed by atoms with E-state index in [1.54, 1.807) is 12.1 Å². The molecule has 12 nitrogen and oxygen atoms in total. The monoisotopic (exact) mass is 825 g/mol. The fourth-order valence-electron chi connectivity index (χ4n) is 10.6. The van der Waals surface area contributed by atoms with E-state index < -0.39 is 60.3 Å². The Labute approximate surface area is 342 Å². The van der Waals surface area contributed by atoms with Crippen molar-refractivity contribution in [3.05, 3.63) is 99.2 Å². The Kier molecular flexibility index (Phi) is 9.17. The molecule has 16 heteroatoms. The number of benzene rings is 3. The lowest BCUT2D eigenvalue weighted by Crippen LogP contribution is -2.61. The lowest BCUT2D eigenvalue weighted by Gasteiger charge is -2.55. The highest BCUT2D eigenvalue weighted by Crippen LogP contribution is 2.46. The summed E-state index contributed by atoms with van der Waals surface area (Å²) >= 11 is 0. The number of rotatable bonds is 7. The molecule has 4 aromatic rings. The van der Waals surface area contributed by atoms with Crippen LogP contribution in [0.25, 0.3) is 10.9 Å². The number of aromatic amines is 1. The minimum Gasteiger partial charge on any atom is -0.370 e. The van der Waals surface area contributed by atoms with Crippen LogP contribution in [0.3, 0.4) is 0 Å². The summed E-state index contributed by atoms with van der Waals surface area (Å²) in [6.45, 7) is 4.40. The summed E-state index contributed by atoms with van der Waals surface area (Å²) in [5, 5.41) is 3.12. The fraction of sp³-hybridized carbons (Fsp3) is 0.432. The molecular formula is C44H43F4N7O5. The highest BCUT2D eigenvalue weighted by molar-refractivity contribution is 6.23. The van der Waals surface area contributed by atoms with Crippen LogP contribution < -0.4 is 10.2 Å². The van der Waals surface area contributed by atoms with Crippen LogP contribution in [0.5, 0.6) is 0 Å². The third-order valence-corrected chi connectivity index (χ3v) is 13.7. The molecule has 3 saturated heterocycles. The number of piperidine rings is 2. The largest absolute Gasteiger partial charge is 0.370 e. The van der Waals surface area contributed by atoms with Gasteiger partial charge in [-0.05, 0) is 79.6 Å². The third-order valence-electron chi connectivity index (χ3n) is 13.7. The predicted molar refractivity (Wildman–Crippen MR) is 210 cm³/mol. The molecule has 312 valence electrons. The molecule has 6 aliphatic rings. The van der Waals surface area contributed by atoms with E-state index in [0.29, 0.717) is 57.1 Å². The van der Waals surface area contributed by atoms with Gasteiger partial charge >= 0.3 is 0 Å². The van der Waals surface area contributed by atoms with Gasteiger partial charge in [-0.15, -0.1) is 0 Å². The molecule has 1 aromatic heterocycles. The molecule has 3 aromatic carbocycles. The van der Waals surface area contributed by atoms with E-state index in [-0.39, 0.29) is 53.4 Å². The minimum absolute atomic E-state index is 0.0340. The molecule has 3 atom stereocenters.